The maximum Gasteiger partial charge on any atom is 0.413 e. The molecule has 1 rings (SSSR count). The molecule has 0 aromatic heterocycles. The first-order valence-electron chi connectivity index (χ1n) is 7.06. The lowest BCUT2D eigenvalue weighted by Crippen LogP contribution is -2.30. The summed E-state index contributed by atoms with van der Waals surface area (Å²) >= 11 is 1.60. The molecule has 0 saturated heterocycles. The molecule has 0 aliphatic carbocycles. The van der Waals surface area contributed by atoms with Gasteiger partial charge in [0.05, 0.1) is 4.90 Å². The lowest BCUT2D eigenvalue weighted by atomic mass is 10.2. The van der Waals surface area contributed by atoms with Crippen LogP contribution in [0.1, 0.15) is 12.0 Å². The number of thioether (sulfide) groups is 1. The van der Waals surface area contributed by atoms with Crippen LogP contribution < -0.4 is 5.73 Å². The molecule has 0 bridgehead atoms. The molecule has 170 valence electrons. The van der Waals surface area contributed by atoms with Gasteiger partial charge in [0.1, 0.15) is 6.04 Å². The molecule has 1 aromatic carbocycles. The highest BCUT2D eigenvalue weighted by Gasteiger charge is 2.15. The van der Waals surface area contributed by atoms with Crippen molar-refractivity contribution in [2.45, 2.75) is 24.3 Å². The van der Waals surface area contributed by atoms with E-state index >= 15 is 0 Å². The molecule has 0 fully saturated rings. The Balaban J connectivity index is 0. The number of aryl methyl sites for hydroxylation is 1. The van der Waals surface area contributed by atoms with Crippen LogP contribution in [-0.2, 0) is 39.3 Å². The Morgan fingerprint density at radius 3 is 1.69 bits per heavy atom. The van der Waals surface area contributed by atoms with Gasteiger partial charge in [-0.2, -0.15) is 37.0 Å². The van der Waals surface area contributed by atoms with Gasteiger partial charge in [-0.05, 0) is 37.5 Å². The van der Waals surface area contributed by atoms with Gasteiger partial charge >= 0.3 is 26.8 Å². The number of carboxylic acid groups (broad SMARTS) is 1. The summed E-state index contributed by atoms with van der Waals surface area (Å²) in [6.45, 7) is 1.84. The molecule has 6 N–H and O–H groups in total. The van der Waals surface area contributed by atoms with Crippen molar-refractivity contribution in [1.82, 2.24) is 0 Å². The molecule has 0 spiro atoms. The summed E-state index contributed by atoms with van der Waals surface area (Å²) in [4.78, 5) is 10.0. The molecule has 0 aliphatic rings. The SMILES string of the molecule is CSCCC(N)C(=O)O.Cc1ccc(S(=O)(=O)O)cc1.O=S(=O)(O)OS(=O)(=O)O. The Labute approximate surface area is 172 Å². The smallest absolute Gasteiger partial charge is 0.413 e. The second kappa shape index (κ2) is 13.1. The molecule has 0 radical (unpaired) electrons. The van der Waals surface area contributed by atoms with Gasteiger partial charge in [-0.1, -0.05) is 17.7 Å². The highest BCUT2D eigenvalue weighted by molar-refractivity contribution is 7.98. The summed E-state index contributed by atoms with van der Waals surface area (Å²) in [6, 6.07) is 5.30. The van der Waals surface area contributed by atoms with E-state index in [0.717, 1.165) is 11.3 Å². The van der Waals surface area contributed by atoms with E-state index in [1.54, 1.807) is 23.9 Å². The van der Waals surface area contributed by atoms with Crippen LogP contribution in [0, 0.1) is 6.92 Å². The highest BCUT2D eigenvalue weighted by Crippen LogP contribution is 2.08. The molecule has 1 aromatic rings. The number of benzene rings is 1. The molecule has 0 saturated carbocycles. The Kier molecular flexibility index (Phi) is 13.5. The Morgan fingerprint density at radius 2 is 1.45 bits per heavy atom. The molecule has 1 atom stereocenters. The Hall–Kier alpha value is -1.31. The first-order valence-corrected chi connectivity index (χ1v) is 12.6. The zero-order chi connectivity index (χ0) is 23.5. The van der Waals surface area contributed by atoms with Crippen LogP contribution in [0.3, 0.4) is 0 Å². The number of rotatable bonds is 7. The minimum absolute atomic E-state index is 0.0666. The van der Waals surface area contributed by atoms with Crippen molar-refractivity contribution in [2.75, 3.05) is 12.0 Å². The largest absolute Gasteiger partial charge is 0.480 e. The predicted molar refractivity (Wildman–Crippen MR) is 104 cm³/mol. The average molecular weight is 500 g/mol. The fourth-order valence-corrected chi connectivity index (χ4v) is 3.03. The lowest BCUT2D eigenvalue weighted by Gasteiger charge is -2.02. The number of carboxylic acids is 1. The van der Waals surface area contributed by atoms with Gasteiger partial charge in [-0.3, -0.25) is 18.5 Å². The Morgan fingerprint density at radius 1 is 1.03 bits per heavy atom. The molecule has 0 heterocycles. The summed E-state index contributed by atoms with van der Waals surface area (Å²) in [7, 11) is -14.3. The van der Waals surface area contributed by atoms with Gasteiger partial charge in [0, 0.05) is 0 Å². The zero-order valence-electron chi connectivity index (χ0n) is 15.1. The van der Waals surface area contributed by atoms with Crippen molar-refractivity contribution >= 4 is 48.6 Å². The fraction of sp³-hybridized carbons (Fsp3) is 0.417. The number of carbonyl (C=O) groups is 1. The van der Waals surface area contributed by atoms with E-state index in [1.165, 1.54) is 12.1 Å². The molecule has 0 amide bonds. The molecule has 1 unspecified atom stereocenters. The van der Waals surface area contributed by atoms with E-state index in [1.807, 2.05) is 13.2 Å². The topological polar surface area (TPSA) is 236 Å². The minimum atomic E-state index is -5.12. The first kappa shape index (κ1) is 29.9. The van der Waals surface area contributed by atoms with Crippen molar-refractivity contribution in [2.24, 2.45) is 5.73 Å². The van der Waals surface area contributed by atoms with Crippen molar-refractivity contribution < 1.29 is 52.4 Å². The summed E-state index contributed by atoms with van der Waals surface area (Å²) < 4.78 is 85.1. The van der Waals surface area contributed by atoms with Crippen molar-refractivity contribution in [3.8, 4) is 0 Å². The molecule has 29 heavy (non-hydrogen) atoms. The van der Waals surface area contributed by atoms with Gasteiger partial charge in [0.15, 0.2) is 0 Å². The summed E-state index contributed by atoms with van der Waals surface area (Å²) in [5.41, 5.74) is 6.15. The number of hydrogen-bond acceptors (Lipinski definition) is 10. The quantitative estimate of drug-likeness (QED) is 0.310. The maximum absolute atomic E-state index is 10.5. The lowest BCUT2D eigenvalue weighted by molar-refractivity contribution is -0.138. The van der Waals surface area contributed by atoms with E-state index in [-0.39, 0.29) is 4.90 Å². The van der Waals surface area contributed by atoms with Gasteiger partial charge < -0.3 is 10.8 Å². The van der Waals surface area contributed by atoms with Crippen LogP contribution in [0.15, 0.2) is 29.2 Å². The van der Waals surface area contributed by atoms with E-state index < -0.39 is 42.9 Å². The second-order valence-electron chi connectivity index (χ2n) is 4.94. The summed E-state index contributed by atoms with van der Waals surface area (Å²) in [6.07, 6.45) is 2.48. The van der Waals surface area contributed by atoms with Crippen molar-refractivity contribution in [1.29, 1.82) is 0 Å². The predicted octanol–water partition coefficient (Wildman–Crippen LogP) is 0.00172. The van der Waals surface area contributed by atoms with E-state index in [0.29, 0.717) is 6.42 Å². The van der Waals surface area contributed by atoms with Crippen molar-refractivity contribution in [3.05, 3.63) is 29.8 Å². The number of nitrogens with two attached hydrogens (primary N) is 1. The highest BCUT2D eigenvalue weighted by atomic mass is 32.3. The average Bonchev–Trinajstić information content (AvgIpc) is 2.49. The molecular weight excluding hydrogens is 478 g/mol. The number of hydrogen-bond donors (Lipinski definition) is 5. The van der Waals surface area contributed by atoms with Crippen LogP contribution in [0.2, 0.25) is 0 Å². The van der Waals surface area contributed by atoms with Crippen LogP contribution in [-0.4, -0.2) is 68.0 Å². The van der Waals surface area contributed by atoms with E-state index in [4.69, 9.17) is 24.5 Å². The van der Waals surface area contributed by atoms with Crippen molar-refractivity contribution in [3.63, 3.8) is 0 Å². The third-order valence-corrected chi connectivity index (χ3v) is 5.33. The van der Waals surface area contributed by atoms with Gasteiger partial charge in [0.25, 0.3) is 10.1 Å². The first-order chi connectivity index (χ1) is 12.9. The zero-order valence-corrected chi connectivity index (χ0v) is 18.3. The van der Waals surface area contributed by atoms with Gasteiger partial charge in [0.2, 0.25) is 0 Å². The maximum atomic E-state index is 10.5. The summed E-state index contributed by atoms with van der Waals surface area (Å²) in [5.74, 6) is -0.1000. The molecule has 13 nitrogen and oxygen atoms in total. The molecular formula is C12H21NO12S4. The second-order valence-corrected chi connectivity index (χ2v) is 9.60. The van der Waals surface area contributed by atoms with Crippen LogP contribution in [0.4, 0.5) is 0 Å². The van der Waals surface area contributed by atoms with Crippen LogP contribution in [0.25, 0.3) is 0 Å². The van der Waals surface area contributed by atoms with Gasteiger partial charge in [-0.25, -0.2) is 0 Å². The fourth-order valence-electron chi connectivity index (χ4n) is 1.19. The van der Waals surface area contributed by atoms with E-state index in [9.17, 15) is 30.0 Å². The minimum Gasteiger partial charge on any atom is -0.480 e. The monoisotopic (exact) mass is 499 g/mol. The van der Waals surface area contributed by atoms with Gasteiger partial charge in [-0.15, -0.1) is 3.63 Å². The van der Waals surface area contributed by atoms with Crippen LogP contribution >= 0.6 is 11.8 Å². The summed E-state index contributed by atoms with van der Waals surface area (Å²) in [5, 5.41) is 8.27. The third kappa shape index (κ3) is 19.8. The van der Waals surface area contributed by atoms with E-state index in [2.05, 4.69) is 3.63 Å². The Bertz CT molecular complexity index is 909. The molecule has 17 heteroatoms. The standard InChI is InChI=1S/C7H8O3S.C5H11NO2S.H2O7S2/c1-6-2-4-7(5-3-6)11(8,9)10;1-9-3-2-4(6)5(7)8;1-8(2,3)7-9(4,5)6/h2-5H,1H3,(H,8,9,10);4H,2-3,6H2,1H3,(H,7,8);(H,1,2,3)(H,4,5,6). The number of aliphatic carboxylic acids is 1. The normalized spacial score (nSPS) is 12.6. The van der Waals surface area contributed by atoms with Crippen LogP contribution in [0.5, 0.6) is 0 Å². The third-order valence-electron chi connectivity index (χ3n) is 2.44. The molecule has 0 aliphatic heterocycles.